The van der Waals surface area contributed by atoms with Crippen LogP contribution in [0.2, 0.25) is 0 Å². The van der Waals surface area contributed by atoms with Crippen molar-refractivity contribution in [2.75, 3.05) is 10.6 Å². The van der Waals surface area contributed by atoms with Crippen molar-refractivity contribution in [1.82, 2.24) is 15.0 Å². The number of nitrogens with one attached hydrogen (secondary N) is 2. The van der Waals surface area contributed by atoms with Crippen molar-refractivity contribution < 1.29 is 9.59 Å². The third-order valence-corrected chi connectivity index (χ3v) is 4.04. The van der Waals surface area contributed by atoms with Gasteiger partial charge in [0.05, 0.1) is 18.1 Å². The van der Waals surface area contributed by atoms with Gasteiger partial charge in [0, 0.05) is 17.7 Å². The van der Waals surface area contributed by atoms with Crippen LogP contribution in [0.1, 0.15) is 43.4 Å². The van der Waals surface area contributed by atoms with Gasteiger partial charge in [-0.15, -0.1) is 0 Å². The fourth-order valence-electron chi connectivity index (χ4n) is 2.53. The lowest BCUT2D eigenvalue weighted by Crippen LogP contribution is -2.27. The summed E-state index contributed by atoms with van der Waals surface area (Å²) in [6, 6.07) is 3.66. The molecule has 2 unspecified atom stereocenters. The summed E-state index contributed by atoms with van der Waals surface area (Å²) in [6.45, 7) is 5.69. The first-order chi connectivity index (χ1) is 12.8. The van der Waals surface area contributed by atoms with Crippen molar-refractivity contribution in [1.29, 1.82) is 0 Å². The Labute approximate surface area is 158 Å². The maximum Gasteiger partial charge on any atom is 0.271 e. The molecule has 0 bridgehead atoms. The fourth-order valence-corrected chi connectivity index (χ4v) is 2.53. The van der Waals surface area contributed by atoms with E-state index in [9.17, 15) is 9.59 Å². The Morgan fingerprint density at radius 2 is 1.89 bits per heavy atom. The van der Waals surface area contributed by atoms with Gasteiger partial charge < -0.3 is 22.1 Å². The molecule has 6 N–H and O–H groups in total. The molecule has 27 heavy (non-hydrogen) atoms. The van der Waals surface area contributed by atoms with Gasteiger partial charge >= 0.3 is 0 Å². The SMILES string of the molecule is CCc1ccc(Nc2nc(NC(C)CC(C)C(N)=O)cnc2C(N)=O)cn1. The number of primary amides is 2. The highest BCUT2D eigenvalue weighted by Gasteiger charge is 2.17. The number of amides is 2. The maximum absolute atomic E-state index is 11.7. The number of carbonyl (C=O) groups is 2. The van der Waals surface area contributed by atoms with E-state index in [0.29, 0.717) is 17.9 Å². The number of carbonyl (C=O) groups excluding carboxylic acids is 2. The van der Waals surface area contributed by atoms with Crippen molar-refractivity contribution >= 4 is 29.1 Å². The van der Waals surface area contributed by atoms with Gasteiger partial charge in [0.1, 0.15) is 5.82 Å². The van der Waals surface area contributed by atoms with Crippen LogP contribution >= 0.6 is 0 Å². The average molecular weight is 371 g/mol. The topological polar surface area (TPSA) is 149 Å². The molecular weight excluding hydrogens is 346 g/mol. The molecule has 9 nitrogen and oxygen atoms in total. The molecule has 144 valence electrons. The van der Waals surface area contributed by atoms with E-state index in [1.165, 1.54) is 6.20 Å². The van der Waals surface area contributed by atoms with E-state index in [0.717, 1.165) is 12.1 Å². The third-order valence-electron chi connectivity index (χ3n) is 4.04. The molecule has 2 amide bonds. The molecule has 9 heteroatoms. The van der Waals surface area contributed by atoms with Gasteiger partial charge in [0.2, 0.25) is 5.91 Å². The molecule has 0 fully saturated rings. The number of aryl methyl sites for hydroxylation is 1. The van der Waals surface area contributed by atoms with E-state index in [2.05, 4.69) is 25.6 Å². The largest absolute Gasteiger partial charge is 0.369 e. The normalized spacial score (nSPS) is 12.9. The van der Waals surface area contributed by atoms with Crippen molar-refractivity contribution in [3.05, 3.63) is 35.9 Å². The molecule has 0 saturated carbocycles. The van der Waals surface area contributed by atoms with Crippen molar-refractivity contribution in [2.24, 2.45) is 17.4 Å². The molecule has 0 saturated heterocycles. The highest BCUT2D eigenvalue weighted by molar-refractivity contribution is 5.96. The molecule has 0 radical (unpaired) electrons. The fraction of sp³-hybridized carbons (Fsp3) is 0.389. The predicted molar refractivity (Wildman–Crippen MR) is 104 cm³/mol. The number of nitrogens with zero attached hydrogens (tertiary/aromatic N) is 3. The van der Waals surface area contributed by atoms with Crippen molar-refractivity contribution in [3.8, 4) is 0 Å². The molecular formula is C18H25N7O2. The van der Waals surface area contributed by atoms with Crippen molar-refractivity contribution in [3.63, 3.8) is 0 Å². The summed E-state index contributed by atoms with van der Waals surface area (Å²) in [5.74, 6) is -0.640. The first kappa shape index (κ1) is 20.1. The monoisotopic (exact) mass is 371 g/mol. The van der Waals surface area contributed by atoms with E-state index >= 15 is 0 Å². The summed E-state index contributed by atoms with van der Waals surface area (Å²) in [6.07, 6.45) is 4.45. The lowest BCUT2D eigenvalue weighted by atomic mass is 10.0. The zero-order chi connectivity index (χ0) is 20.0. The van der Waals surface area contributed by atoms with E-state index in [-0.39, 0.29) is 29.4 Å². The Morgan fingerprint density at radius 1 is 1.15 bits per heavy atom. The summed E-state index contributed by atoms with van der Waals surface area (Å²) in [7, 11) is 0. The molecule has 0 aromatic carbocycles. The van der Waals surface area contributed by atoms with Crippen LogP contribution in [0.25, 0.3) is 0 Å². The number of rotatable bonds is 9. The van der Waals surface area contributed by atoms with E-state index in [1.807, 2.05) is 26.0 Å². The Bertz CT molecular complexity index is 808. The van der Waals surface area contributed by atoms with Gasteiger partial charge in [0.25, 0.3) is 5.91 Å². The summed E-state index contributed by atoms with van der Waals surface area (Å²) < 4.78 is 0. The van der Waals surface area contributed by atoms with E-state index in [4.69, 9.17) is 11.5 Å². The molecule has 0 aliphatic carbocycles. The van der Waals surface area contributed by atoms with Crippen LogP contribution in [-0.2, 0) is 11.2 Å². The lowest BCUT2D eigenvalue weighted by Gasteiger charge is -2.18. The molecule has 2 heterocycles. The number of aromatic nitrogens is 3. The lowest BCUT2D eigenvalue weighted by molar-refractivity contribution is -0.121. The van der Waals surface area contributed by atoms with E-state index in [1.54, 1.807) is 13.1 Å². The minimum absolute atomic E-state index is 0.0262. The van der Waals surface area contributed by atoms with Crippen LogP contribution in [-0.4, -0.2) is 32.8 Å². The molecule has 2 aromatic rings. The first-order valence-corrected chi connectivity index (χ1v) is 8.74. The smallest absolute Gasteiger partial charge is 0.271 e. The summed E-state index contributed by atoms with van der Waals surface area (Å²) >= 11 is 0. The zero-order valence-electron chi connectivity index (χ0n) is 15.7. The standard InChI is InChI=1S/C18H25N7O2/c1-4-12-5-6-13(8-21-12)24-18-15(17(20)27)22-9-14(25-18)23-11(3)7-10(2)16(19)26/h5-6,8-11H,4,7H2,1-3H3,(H2,19,26)(H2,20,27)(H2,23,24,25). The Kier molecular flexibility index (Phi) is 6.64. The molecule has 2 rings (SSSR count). The first-order valence-electron chi connectivity index (χ1n) is 8.74. The van der Waals surface area contributed by atoms with Crippen LogP contribution in [0.5, 0.6) is 0 Å². The summed E-state index contributed by atoms with van der Waals surface area (Å²) in [5.41, 5.74) is 12.3. The van der Waals surface area contributed by atoms with Crippen LogP contribution in [0.4, 0.5) is 17.3 Å². The number of hydrogen-bond acceptors (Lipinski definition) is 7. The van der Waals surface area contributed by atoms with Gasteiger partial charge in [0.15, 0.2) is 11.5 Å². The Balaban J connectivity index is 2.20. The van der Waals surface area contributed by atoms with Crippen LogP contribution < -0.4 is 22.1 Å². The quantitative estimate of drug-likeness (QED) is 0.523. The van der Waals surface area contributed by atoms with Gasteiger partial charge in [-0.25, -0.2) is 9.97 Å². The molecule has 0 spiro atoms. The number of hydrogen-bond donors (Lipinski definition) is 4. The van der Waals surface area contributed by atoms with Gasteiger partial charge in [-0.2, -0.15) is 0 Å². The van der Waals surface area contributed by atoms with Crippen LogP contribution in [0, 0.1) is 5.92 Å². The average Bonchev–Trinajstić information content (AvgIpc) is 2.62. The second-order valence-electron chi connectivity index (χ2n) is 6.42. The number of nitrogens with two attached hydrogens (primary N) is 2. The predicted octanol–water partition coefficient (Wildman–Crippen LogP) is 1.59. The number of anilines is 3. The zero-order valence-corrected chi connectivity index (χ0v) is 15.7. The summed E-state index contributed by atoms with van der Waals surface area (Å²) in [4.78, 5) is 35.7. The summed E-state index contributed by atoms with van der Waals surface area (Å²) in [5, 5.41) is 6.18. The second kappa shape index (κ2) is 8.93. The third kappa shape index (κ3) is 5.63. The van der Waals surface area contributed by atoms with Crippen LogP contribution in [0.3, 0.4) is 0 Å². The Morgan fingerprint density at radius 3 is 2.44 bits per heavy atom. The minimum Gasteiger partial charge on any atom is -0.369 e. The molecule has 2 aromatic heterocycles. The second-order valence-corrected chi connectivity index (χ2v) is 6.42. The van der Waals surface area contributed by atoms with Gasteiger partial charge in [-0.1, -0.05) is 13.8 Å². The van der Waals surface area contributed by atoms with E-state index < -0.39 is 5.91 Å². The van der Waals surface area contributed by atoms with Gasteiger partial charge in [-0.05, 0) is 31.9 Å². The highest BCUT2D eigenvalue weighted by atomic mass is 16.1. The number of pyridine rings is 1. The maximum atomic E-state index is 11.7. The van der Waals surface area contributed by atoms with Crippen LogP contribution in [0.15, 0.2) is 24.5 Å². The minimum atomic E-state index is -0.690. The Hall–Kier alpha value is -3.23. The molecule has 0 aliphatic rings. The highest BCUT2D eigenvalue weighted by Crippen LogP contribution is 2.20. The van der Waals surface area contributed by atoms with Crippen molar-refractivity contribution in [2.45, 2.75) is 39.7 Å². The molecule has 0 aliphatic heterocycles. The molecule has 2 atom stereocenters. The van der Waals surface area contributed by atoms with Gasteiger partial charge in [-0.3, -0.25) is 14.6 Å².